The Bertz CT molecular complexity index is 548. The molecule has 0 aromatic heterocycles. The van der Waals surface area contributed by atoms with Crippen molar-refractivity contribution in [2.45, 2.75) is 25.4 Å². The van der Waals surface area contributed by atoms with Gasteiger partial charge in [-0.05, 0) is 58.8 Å². The smallest absolute Gasteiger partial charge is 0.325 e. The summed E-state index contributed by atoms with van der Waals surface area (Å²) in [6.45, 7) is 0. The molecule has 2 saturated carbocycles. The first-order chi connectivity index (χ1) is 9.38. The fourth-order valence-electron chi connectivity index (χ4n) is 3.22. The summed E-state index contributed by atoms with van der Waals surface area (Å²) in [6, 6.07) is 3.28. The van der Waals surface area contributed by atoms with E-state index >= 15 is 0 Å². The van der Waals surface area contributed by atoms with E-state index in [9.17, 15) is 18.0 Å². The summed E-state index contributed by atoms with van der Waals surface area (Å²) >= 11 is 3.17. The number of hydrogen-bond donors (Lipinski definition) is 1. The number of alkyl halides is 3. The van der Waals surface area contributed by atoms with E-state index in [1.165, 1.54) is 6.07 Å². The summed E-state index contributed by atoms with van der Waals surface area (Å²) in [4.78, 5) is 12.1. The van der Waals surface area contributed by atoms with Gasteiger partial charge in [0, 0.05) is 10.4 Å². The molecule has 6 heteroatoms. The van der Waals surface area contributed by atoms with Gasteiger partial charge in [-0.3, -0.25) is 4.79 Å². The molecule has 0 spiro atoms. The van der Waals surface area contributed by atoms with Crippen LogP contribution in [0.25, 0.3) is 0 Å². The quantitative estimate of drug-likeness (QED) is 0.841. The lowest BCUT2D eigenvalue weighted by Gasteiger charge is -2.12. The van der Waals surface area contributed by atoms with Gasteiger partial charge < -0.3 is 5.32 Å². The zero-order valence-corrected chi connectivity index (χ0v) is 12.1. The van der Waals surface area contributed by atoms with Crippen LogP contribution in [0.15, 0.2) is 22.7 Å². The van der Waals surface area contributed by atoms with E-state index in [0.29, 0.717) is 16.3 Å². The molecule has 2 aliphatic rings. The number of amides is 1. The molecule has 2 atom stereocenters. The molecule has 0 heterocycles. The molecule has 2 nitrogen and oxygen atoms in total. The van der Waals surface area contributed by atoms with Gasteiger partial charge in [-0.25, -0.2) is 0 Å². The van der Waals surface area contributed by atoms with Gasteiger partial charge in [0.1, 0.15) is 0 Å². The van der Waals surface area contributed by atoms with Crippen LogP contribution >= 0.6 is 15.9 Å². The highest BCUT2D eigenvalue weighted by molar-refractivity contribution is 9.10. The molecule has 2 aliphatic carbocycles. The second-order valence-corrected chi connectivity index (χ2v) is 6.32. The Morgan fingerprint density at radius 3 is 2.50 bits per heavy atom. The molecule has 0 saturated heterocycles. The number of rotatable bonds is 2. The molecule has 0 aliphatic heterocycles. The summed E-state index contributed by atoms with van der Waals surface area (Å²) in [6.07, 6.45) is -1.12. The third-order valence-corrected chi connectivity index (χ3v) is 4.95. The number of carbonyl (C=O) groups excluding carboxylic acids is 1. The molecule has 1 N–H and O–H groups in total. The summed E-state index contributed by atoms with van der Waals surface area (Å²) in [5.74, 6) is 0.726. The molecule has 2 unspecified atom stereocenters. The molecule has 108 valence electrons. The molecule has 0 radical (unpaired) electrons. The Morgan fingerprint density at radius 1 is 1.25 bits per heavy atom. The average Bonchev–Trinajstić information content (AvgIpc) is 2.85. The molecule has 1 amide bonds. The van der Waals surface area contributed by atoms with Crippen molar-refractivity contribution in [2.75, 3.05) is 5.32 Å². The van der Waals surface area contributed by atoms with Crippen molar-refractivity contribution in [3.05, 3.63) is 28.2 Å². The van der Waals surface area contributed by atoms with E-state index in [-0.39, 0.29) is 17.5 Å². The largest absolute Gasteiger partial charge is 0.416 e. The summed E-state index contributed by atoms with van der Waals surface area (Å²) in [7, 11) is 0. The minimum absolute atomic E-state index is 0.00908. The van der Waals surface area contributed by atoms with Crippen LogP contribution in [0.5, 0.6) is 0 Å². The summed E-state index contributed by atoms with van der Waals surface area (Å²) < 4.78 is 38.5. The highest BCUT2D eigenvalue weighted by Crippen LogP contribution is 2.57. The topological polar surface area (TPSA) is 29.1 Å². The van der Waals surface area contributed by atoms with Crippen molar-refractivity contribution in [1.82, 2.24) is 0 Å². The highest BCUT2D eigenvalue weighted by atomic mass is 79.9. The number of hydrogen-bond acceptors (Lipinski definition) is 1. The summed E-state index contributed by atoms with van der Waals surface area (Å²) in [5, 5.41) is 2.63. The highest BCUT2D eigenvalue weighted by Gasteiger charge is 2.56. The fourth-order valence-corrected chi connectivity index (χ4v) is 3.57. The SMILES string of the molecule is O=C(Nc1cc(C(F)(F)F)ccc1Br)C1C2CCCC21. The first-order valence-electron chi connectivity index (χ1n) is 6.55. The van der Waals surface area contributed by atoms with Crippen LogP contribution in [0, 0.1) is 17.8 Å². The van der Waals surface area contributed by atoms with Gasteiger partial charge in [0.25, 0.3) is 0 Å². The van der Waals surface area contributed by atoms with Crippen LogP contribution in [0.3, 0.4) is 0 Å². The van der Waals surface area contributed by atoms with Gasteiger partial charge in [0.05, 0.1) is 11.3 Å². The second kappa shape index (κ2) is 4.76. The maximum absolute atomic E-state index is 12.7. The minimum Gasteiger partial charge on any atom is -0.325 e. The maximum Gasteiger partial charge on any atom is 0.416 e. The Labute approximate surface area is 122 Å². The Kier molecular flexibility index (Phi) is 3.31. The predicted molar refractivity (Wildman–Crippen MR) is 72.1 cm³/mol. The number of halogens is 4. The molecule has 3 rings (SSSR count). The number of fused-ring (bicyclic) bond motifs is 1. The van der Waals surface area contributed by atoms with Gasteiger partial charge in [-0.15, -0.1) is 0 Å². The molecular weight excluding hydrogens is 335 g/mol. The van der Waals surface area contributed by atoms with E-state index in [4.69, 9.17) is 0 Å². The Morgan fingerprint density at radius 2 is 1.90 bits per heavy atom. The van der Waals surface area contributed by atoms with Crippen LogP contribution in [-0.4, -0.2) is 5.91 Å². The van der Waals surface area contributed by atoms with Gasteiger partial charge in [-0.1, -0.05) is 6.42 Å². The van der Waals surface area contributed by atoms with E-state index in [2.05, 4.69) is 21.2 Å². The van der Waals surface area contributed by atoms with Gasteiger partial charge in [0.15, 0.2) is 0 Å². The van der Waals surface area contributed by atoms with Crippen molar-refractivity contribution in [3.63, 3.8) is 0 Å². The van der Waals surface area contributed by atoms with Crippen LogP contribution < -0.4 is 5.32 Å². The molecule has 0 bridgehead atoms. The van der Waals surface area contributed by atoms with Crippen molar-refractivity contribution in [3.8, 4) is 0 Å². The zero-order valence-electron chi connectivity index (χ0n) is 10.5. The van der Waals surface area contributed by atoms with E-state index < -0.39 is 11.7 Å². The van der Waals surface area contributed by atoms with Crippen molar-refractivity contribution in [2.24, 2.45) is 17.8 Å². The maximum atomic E-state index is 12.7. The number of nitrogens with one attached hydrogen (secondary N) is 1. The van der Waals surface area contributed by atoms with Crippen molar-refractivity contribution in [1.29, 1.82) is 0 Å². The third-order valence-electron chi connectivity index (χ3n) is 4.26. The van der Waals surface area contributed by atoms with E-state index in [0.717, 1.165) is 31.4 Å². The lowest BCUT2D eigenvalue weighted by atomic mass is 10.1. The summed E-state index contributed by atoms with van der Waals surface area (Å²) in [5.41, 5.74) is -0.568. The van der Waals surface area contributed by atoms with Crippen LogP contribution in [-0.2, 0) is 11.0 Å². The second-order valence-electron chi connectivity index (χ2n) is 5.47. The average molecular weight is 348 g/mol. The van der Waals surface area contributed by atoms with Crippen molar-refractivity contribution < 1.29 is 18.0 Å². The molecule has 20 heavy (non-hydrogen) atoms. The van der Waals surface area contributed by atoms with Gasteiger partial charge >= 0.3 is 6.18 Å². The van der Waals surface area contributed by atoms with Gasteiger partial charge in [0.2, 0.25) is 5.91 Å². The lowest BCUT2D eigenvalue weighted by molar-refractivity contribution is -0.137. The lowest BCUT2D eigenvalue weighted by Crippen LogP contribution is -2.17. The molecule has 1 aromatic rings. The minimum atomic E-state index is -4.41. The fraction of sp³-hybridized carbons (Fsp3) is 0.500. The zero-order chi connectivity index (χ0) is 14.5. The predicted octanol–water partition coefficient (Wildman–Crippen LogP) is 4.45. The first kappa shape index (κ1) is 13.9. The number of carbonyl (C=O) groups is 1. The normalized spacial score (nSPS) is 28.1. The standard InChI is InChI=1S/C14H13BrF3NO/c15-10-5-4-7(14(16,17)18)6-11(10)19-13(20)12-8-2-1-3-9(8)12/h4-6,8-9,12H,1-3H2,(H,19,20). The monoisotopic (exact) mass is 347 g/mol. The first-order valence-corrected chi connectivity index (χ1v) is 7.35. The number of anilines is 1. The Hall–Kier alpha value is -1.04. The number of benzene rings is 1. The van der Waals surface area contributed by atoms with Crippen LogP contribution in [0.2, 0.25) is 0 Å². The van der Waals surface area contributed by atoms with Crippen LogP contribution in [0.4, 0.5) is 18.9 Å². The van der Waals surface area contributed by atoms with Crippen molar-refractivity contribution >= 4 is 27.5 Å². The van der Waals surface area contributed by atoms with Crippen LogP contribution in [0.1, 0.15) is 24.8 Å². The van der Waals surface area contributed by atoms with E-state index in [1.807, 2.05) is 0 Å². The van der Waals surface area contributed by atoms with E-state index in [1.54, 1.807) is 0 Å². The molecule has 1 aromatic carbocycles. The van der Waals surface area contributed by atoms with Gasteiger partial charge in [-0.2, -0.15) is 13.2 Å². The third kappa shape index (κ3) is 2.45. The molecular formula is C14H13BrF3NO. The molecule has 2 fully saturated rings. The Balaban J connectivity index is 1.75.